The summed E-state index contributed by atoms with van der Waals surface area (Å²) in [7, 11) is 0. The van der Waals surface area contributed by atoms with Gasteiger partial charge in [-0.3, -0.25) is 4.79 Å². The van der Waals surface area contributed by atoms with E-state index in [4.69, 9.17) is 4.74 Å². The Morgan fingerprint density at radius 3 is 2.81 bits per heavy atom. The van der Waals surface area contributed by atoms with Crippen molar-refractivity contribution in [2.24, 2.45) is 11.8 Å². The molecule has 3 heteroatoms. The Labute approximate surface area is 98.2 Å². The van der Waals surface area contributed by atoms with Crippen LogP contribution in [0.5, 0.6) is 0 Å². The lowest BCUT2D eigenvalue weighted by Crippen LogP contribution is -2.32. The van der Waals surface area contributed by atoms with Crippen LogP contribution in [0.1, 0.15) is 33.1 Å². The van der Waals surface area contributed by atoms with Gasteiger partial charge in [0.15, 0.2) is 0 Å². The lowest BCUT2D eigenvalue weighted by atomic mass is 9.80. The minimum absolute atomic E-state index is 0.129. The highest BCUT2D eigenvalue weighted by Crippen LogP contribution is 2.30. The number of ether oxygens (including phenoxy) is 1. The Bertz CT molecular complexity index is 240. The SMILES string of the molecule is C=CCNCC(=O)OC1CCC(C)C(C)C1. The third kappa shape index (κ3) is 4.35. The zero-order chi connectivity index (χ0) is 12.0. The van der Waals surface area contributed by atoms with Crippen molar-refractivity contribution >= 4 is 5.97 Å². The van der Waals surface area contributed by atoms with Gasteiger partial charge in [0.1, 0.15) is 6.10 Å². The van der Waals surface area contributed by atoms with Crippen LogP contribution in [0, 0.1) is 11.8 Å². The van der Waals surface area contributed by atoms with Crippen LogP contribution in [0.2, 0.25) is 0 Å². The van der Waals surface area contributed by atoms with Gasteiger partial charge in [0.2, 0.25) is 0 Å². The number of hydrogen-bond donors (Lipinski definition) is 1. The summed E-state index contributed by atoms with van der Waals surface area (Å²) in [5.41, 5.74) is 0. The topological polar surface area (TPSA) is 38.3 Å². The Kier molecular flexibility index (Phi) is 5.53. The smallest absolute Gasteiger partial charge is 0.320 e. The van der Waals surface area contributed by atoms with Gasteiger partial charge >= 0.3 is 5.97 Å². The van der Waals surface area contributed by atoms with Crippen molar-refractivity contribution in [3.8, 4) is 0 Å². The van der Waals surface area contributed by atoms with Gasteiger partial charge in [-0.05, 0) is 31.1 Å². The number of nitrogens with one attached hydrogen (secondary N) is 1. The summed E-state index contributed by atoms with van der Waals surface area (Å²) in [6, 6.07) is 0. The molecule has 1 N–H and O–H groups in total. The van der Waals surface area contributed by atoms with Crippen LogP contribution in [-0.4, -0.2) is 25.2 Å². The molecule has 0 aliphatic heterocycles. The molecule has 3 nitrogen and oxygen atoms in total. The second-order valence-electron chi connectivity index (χ2n) is 4.80. The van der Waals surface area contributed by atoms with Crippen LogP contribution in [-0.2, 0) is 9.53 Å². The van der Waals surface area contributed by atoms with Crippen molar-refractivity contribution in [1.29, 1.82) is 0 Å². The van der Waals surface area contributed by atoms with Crippen molar-refractivity contribution in [3.63, 3.8) is 0 Å². The molecule has 1 rings (SSSR count). The Morgan fingerprint density at radius 1 is 1.44 bits per heavy atom. The first-order chi connectivity index (χ1) is 7.63. The van der Waals surface area contributed by atoms with Gasteiger partial charge in [-0.1, -0.05) is 19.9 Å². The summed E-state index contributed by atoms with van der Waals surface area (Å²) in [5, 5.41) is 2.95. The monoisotopic (exact) mass is 225 g/mol. The number of hydrogen-bond acceptors (Lipinski definition) is 3. The molecular formula is C13H23NO2. The molecule has 3 atom stereocenters. The quantitative estimate of drug-likeness (QED) is 0.442. The summed E-state index contributed by atoms with van der Waals surface area (Å²) in [4.78, 5) is 11.5. The molecule has 0 aromatic rings. The molecule has 0 amide bonds. The second-order valence-corrected chi connectivity index (χ2v) is 4.80. The Morgan fingerprint density at radius 2 is 2.19 bits per heavy atom. The molecule has 0 bridgehead atoms. The molecule has 0 radical (unpaired) electrons. The van der Waals surface area contributed by atoms with Crippen LogP contribution in [0.15, 0.2) is 12.7 Å². The zero-order valence-corrected chi connectivity index (χ0v) is 10.4. The molecule has 0 aromatic carbocycles. The van der Waals surface area contributed by atoms with Gasteiger partial charge < -0.3 is 10.1 Å². The molecule has 0 saturated heterocycles. The van der Waals surface area contributed by atoms with Crippen molar-refractivity contribution in [3.05, 3.63) is 12.7 Å². The fourth-order valence-electron chi connectivity index (χ4n) is 2.11. The first-order valence-electron chi connectivity index (χ1n) is 6.14. The van der Waals surface area contributed by atoms with Crippen LogP contribution in [0.25, 0.3) is 0 Å². The minimum Gasteiger partial charge on any atom is -0.461 e. The van der Waals surface area contributed by atoms with Crippen molar-refractivity contribution < 1.29 is 9.53 Å². The van der Waals surface area contributed by atoms with E-state index in [2.05, 4.69) is 25.7 Å². The second kappa shape index (κ2) is 6.69. The summed E-state index contributed by atoms with van der Waals surface area (Å²) >= 11 is 0. The van der Waals surface area contributed by atoms with E-state index >= 15 is 0 Å². The molecule has 0 spiro atoms. The van der Waals surface area contributed by atoms with E-state index < -0.39 is 0 Å². The summed E-state index contributed by atoms with van der Waals surface area (Å²) < 4.78 is 5.42. The van der Waals surface area contributed by atoms with E-state index in [1.54, 1.807) is 6.08 Å². The highest BCUT2D eigenvalue weighted by Gasteiger charge is 2.26. The fourth-order valence-corrected chi connectivity index (χ4v) is 2.11. The molecule has 3 unspecified atom stereocenters. The van der Waals surface area contributed by atoms with E-state index in [1.807, 2.05) is 0 Å². The molecule has 92 valence electrons. The largest absolute Gasteiger partial charge is 0.461 e. The molecule has 0 aromatic heterocycles. The maximum absolute atomic E-state index is 11.5. The maximum Gasteiger partial charge on any atom is 0.320 e. The van der Waals surface area contributed by atoms with E-state index in [1.165, 1.54) is 6.42 Å². The lowest BCUT2D eigenvalue weighted by molar-refractivity contribution is -0.150. The predicted molar refractivity (Wildman–Crippen MR) is 65.1 cm³/mol. The number of carbonyl (C=O) groups excluding carboxylic acids is 1. The summed E-state index contributed by atoms with van der Waals surface area (Å²) in [6.07, 6.45) is 5.05. The molecule has 16 heavy (non-hydrogen) atoms. The summed E-state index contributed by atoms with van der Waals surface area (Å²) in [6.45, 7) is 9.02. The molecule has 1 aliphatic rings. The first-order valence-corrected chi connectivity index (χ1v) is 6.14. The zero-order valence-electron chi connectivity index (χ0n) is 10.4. The average molecular weight is 225 g/mol. The molecule has 0 heterocycles. The van der Waals surface area contributed by atoms with E-state index in [-0.39, 0.29) is 18.6 Å². The van der Waals surface area contributed by atoms with Crippen LogP contribution in [0.4, 0.5) is 0 Å². The van der Waals surface area contributed by atoms with Crippen molar-refractivity contribution in [2.45, 2.75) is 39.2 Å². The third-order valence-electron chi connectivity index (χ3n) is 3.41. The van der Waals surface area contributed by atoms with E-state index in [9.17, 15) is 4.79 Å². The minimum atomic E-state index is -0.145. The molecule has 1 fully saturated rings. The molecule has 1 saturated carbocycles. The normalized spacial score (nSPS) is 29.8. The standard InChI is InChI=1S/C13H23NO2/c1-4-7-14-9-13(15)16-12-6-5-10(2)11(3)8-12/h4,10-12,14H,1,5-9H2,2-3H3. The van der Waals surface area contributed by atoms with E-state index in [0.29, 0.717) is 12.5 Å². The lowest BCUT2D eigenvalue weighted by Gasteiger charge is -2.31. The van der Waals surface area contributed by atoms with Gasteiger partial charge in [0, 0.05) is 6.54 Å². The van der Waals surface area contributed by atoms with Crippen molar-refractivity contribution in [2.75, 3.05) is 13.1 Å². The van der Waals surface area contributed by atoms with Gasteiger partial charge in [-0.25, -0.2) is 0 Å². The molecule has 1 aliphatic carbocycles. The van der Waals surface area contributed by atoms with Gasteiger partial charge in [-0.2, -0.15) is 0 Å². The third-order valence-corrected chi connectivity index (χ3v) is 3.41. The first kappa shape index (κ1) is 13.2. The van der Waals surface area contributed by atoms with Crippen molar-refractivity contribution in [1.82, 2.24) is 5.32 Å². The van der Waals surface area contributed by atoms with Gasteiger partial charge in [-0.15, -0.1) is 6.58 Å². The molecular weight excluding hydrogens is 202 g/mol. The number of esters is 1. The van der Waals surface area contributed by atoms with Crippen LogP contribution >= 0.6 is 0 Å². The van der Waals surface area contributed by atoms with Crippen LogP contribution in [0.3, 0.4) is 0 Å². The predicted octanol–water partition coefficient (Wildman–Crippen LogP) is 2.13. The highest BCUT2D eigenvalue weighted by molar-refractivity contribution is 5.71. The number of carbonyl (C=O) groups is 1. The Balaban J connectivity index is 2.21. The summed E-state index contributed by atoms with van der Waals surface area (Å²) in [5.74, 6) is 1.27. The van der Waals surface area contributed by atoms with E-state index in [0.717, 1.165) is 18.8 Å². The number of rotatable bonds is 5. The maximum atomic E-state index is 11.5. The van der Waals surface area contributed by atoms with Crippen LogP contribution < -0.4 is 5.32 Å². The Hall–Kier alpha value is -0.830. The highest BCUT2D eigenvalue weighted by atomic mass is 16.5. The van der Waals surface area contributed by atoms with Gasteiger partial charge in [0.25, 0.3) is 0 Å². The fraction of sp³-hybridized carbons (Fsp3) is 0.769. The van der Waals surface area contributed by atoms with Gasteiger partial charge in [0.05, 0.1) is 6.54 Å². The average Bonchev–Trinajstić information content (AvgIpc) is 2.24.